The van der Waals surface area contributed by atoms with Crippen molar-refractivity contribution in [1.29, 1.82) is 0 Å². The first kappa shape index (κ1) is 48.6. The number of hydrogen-bond donors (Lipinski definition) is 2. The first-order chi connectivity index (χ1) is 31.0. The molecule has 1 saturated carbocycles. The molecule has 3 N–H and O–H groups in total. The number of benzene rings is 1. The van der Waals surface area contributed by atoms with Crippen LogP contribution in [0.25, 0.3) is 22.0 Å². The molecule has 2 fully saturated rings. The van der Waals surface area contributed by atoms with Crippen LogP contribution < -0.4 is 11.1 Å². The van der Waals surface area contributed by atoms with Gasteiger partial charge in [-0.15, -0.1) is 0 Å². The molecule has 1 saturated heterocycles. The van der Waals surface area contributed by atoms with Gasteiger partial charge in [-0.3, -0.25) is 28.7 Å². The number of carbonyl (C=O) groups is 5. The van der Waals surface area contributed by atoms with Crippen molar-refractivity contribution >= 4 is 56.0 Å². The molecule has 6 rings (SSSR count). The fourth-order valence-corrected chi connectivity index (χ4v) is 8.63. The average molecular weight is 948 g/mol. The molecular formula is C46H59BrN8O9. The number of ketones is 3. The van der Waals surface area contributed by atoms with E-state index in [0.29, 0.717) is 96.8 Å². The maximum Gasteiger partial charge on any atom is 0.246 e. The molecule has 3 aromatic heterocycles. The van der Waals surface area contributed by atoms with Gasteiger partial charge in [-0.1, -0.05) is 31.9 Å². The van der Waals surface area contributed by atoms with E-state index in [1.54, 1.807) is 17.1 Å². The molecule has 1 aliphatic carbocycles. The van der Waals surface area contributed by atoms with Crippen LogP contribution in [-0.4, -0.2) is 137 Å². The second-order valence-corrected chi connectivity index (χ2v) is 17.1. The highest BCUT2D eigenvalue weighted by Crippen LogP contribution is 2.56. The van der Waals surface area contributed by atoms with Crippen molar-refractivity contribution in [2.24, 2.45) is 17.6 Å². The van der Waals surface area contributed by atoms with Crippen LogP contribution in [0.1, 0.15) is 73.5 Å². The van der Waals surface area contributed by atoms with Gasteiger partial charge in [-0.25, -0.2) is 15.0 Å². The molecule has 0 bridgehead atoms. The van der Waals surface area contributed by atoms with Gasteiger partial charge in [0.25, 0.3) is 0 Å². The van der Waals surface area contributed by atoms with E-state index in [-0.39, 0.29) is 86.7 Å². The molecule has 4 aromatic rings. The lowest BCUT2D eigenvalue weighted by Gasteiger charge is -2.28. The number of nitrogens with two attached hydrogens (primary N) is 1. The van der Waals surface area contributed by atoms with Gasteiger partial charge >= 0.3 is 0 Å². The van der Waals surface area contributed by atoms with Crippen molar-refractivity contribution in [3.05, 3.63) is 70.1 Å². The van der Waals surface area contributed by atoms with Gasteiger partial charge in [0.2, 0.25) is 11.8 Å². The molecular weight excluding hydrogens is 888 g/mol. The number of halogens is 1. The van der Waals surface area contributed by atoms with Crippen LogP contribution in [0, 0.1) is 18.8 Å². The summed E-state index contributed by atoms with van der Waals surface area (Å²) >= 11 is 3.42. The number of likely N-dealkylation sites (tertiary alicyclic amines) is 1. The number of ether oxygens (including phenoxy) is 4. The zero-order valence-corrected chi connectivity index (χ0v) is 38.5. The van der Waals surface area contributed by atoms with Crippen molar-refractivity contribution in [1.82, 2.24) is 34.9 Å². The number of hydrogen-bond acceptors (Lipinski definition) is 14. The number of pyridine rings is 1. The molecule has 2 amide bonds. The lowest BCUT2D eigenvalue weighted by Crippen LogP contribution is -2.46. The number of aromatic nitrogens is 5. The van der Waals surface area contributed by atoms with E-state index in [0.717, 1.165) is 30.4 Å². The summed E-state index contributed by atoms with van der Waals surface area (Å²) in [6.07, 6.45) is 7.86. The van der Waals surface area contributed by atoms with Crippen LogP contribution in [0.4, 0.5) is 0 Å². The highest BCUT2D eigenvalue weighted by atomic mass is 79.9. The second kappa shape index (κ2) is 23.9. The number of nitrogens with one attached hydrogen (secondary N) is 1. The number of fused-ring (bicyclic) bond motifs is 2. The zero-order valence-electron chi connectivity index (χ0n) is 36.9. The maximum atomic E-state index is 14.3. The summed E-state index contributed by atoms with van der Waals surface area (Å²) in [7, 11) is 0. The van der Waals surface area contributed by atoms with Crippen LogP contribution in [0.5, 0.6) is 0 Å². The summed E-state index contributed by atoms with van der Waals surface area (Å²) in [6.45, 7) is 8.00. The number of carbonyl (C=O) groups excluding carboxylic acids is 5. The Bertz CT molecular complexity index is 2250. The minimum atomic E-state index is -0.536. The van der Waals surface area contributed by atoms with E-state index in [1.807, 2.05) is 42.2 Å². The van der Waals surface area contributed by atoms with Gasteiger partial charge in [0.1, 0.15) is 35.9 Å². The Balaban J connectivity index is 0.984. The molecule has 2 aliphatic rings. The number of piperidine rings is 1. The van der Waals surface area contributed by atoms with Crippen LogP contribution in [-0.2, 0) is 57.5 Å². The summed E-state index contributed by atoms with van der Waals surface area (Å²) in [6, 6.07) is 8.84. The van der Waals surface area contributed by atoms with Gasteiger partial charge in [-0.05, 0) is 76.9 Å². The molecule has 18 heteroatoms. The Morgan fingerprint density at radius 3 is 2.39 bits per heavy atom. The molecule has 1 aromatic carbocycles. The van der Waals surface area contributed by atoms with Crippen molar-refractivity contribution in [2.75, 3.05) is 65.9 Å². The molecule has 0 spiro atoms. The summed E-state index contributed by atoms with van der Waals surface area (Å²) in [4.78, 5) is 80.6. The van der Waals surface area contributed by atoms with Crippen molar-refractivity contribution in [3.8, 4) is 11.1 Å². The van der Waals surface area contributed by atoms with Gasteiger partial charge in [0.15, 0.2) is 17.3 Å². The largest absolute Gasteiger partial charge is 0.378 e. The highest BCUT2D eigenvalue weighted by molar-refractivity contribution is 9.10. The Labute approximate surface area is 381 Å². The van der Waals surface area contributed by atoms with Crippen LogP contribution in [0.15, 0.2) is 47.3 Å². The molecule has 64 heavy (non-hydrogen) atoms. The average Bonchev–Trinajstić information content (AvgIpc) is 3.58. The fourth-order valence-electron chi connectivity index (χ4n) is 8.28. The molecule has 4 atom stereocenters. The Morgan fingerprint density at radius 2 is 1.66 bits per heavy atom. The van der Waals surface area contributed by atoms with E-state index in [1.165, 1.54) is 6.92 Å². The molecule has 1 unspecified atom stereocenters. The van der Waals surface area contributed by atoms with Gasteiger partial charge in [0, 0.05) is 62.2 Å². The summed E-state index contributed by atoms with van der Waals surface area (Å²) in [5.41, 5.74) is 9.31. The molecule has 1 aliphatic heterocycles. The lowest BCUT2D eigenvalue weighted by atomic mass is 9.98. The summed E-state index contributed by atoms with van der Waals surface area (Å²) < 4.78 is 23.5. The van der Waals surface area contributed by atoms with Crippen LogP contribution in [0.2, 0.25) is 0 Å². The molecule has 17 nitrogen and oxygen atoms in total. The van der Waals surface area contributed by atoms with Crippen molar-refractivity contribution in [3.63, 3.8) is 0 Å². The molecule has 0 radical (unpaired) electrons. The number of nitrogens with zero attached hydrogens (tertiary/aromatic N) is 6. The van der Waals surface area contributed by atoms with E-state index >= 15 is 0 Å². The van der Waals surface area contributed by atoms with E-state index in [4.69, 9.17) is 24.7 Å². The Morgan fingerprint density at radius 1 is 0.922 bits per heavy atom. The zero-order chi connectivity index (χ0) is 45.6. The number of aryl methyl sites for hydroxylation is 2. The quantitative estimate of drug-likeness (QED) is 0.0467. The van der Waals surface area contributed by atoms with Crippen molar-refractivity contribution in [2.45, 2.75) is 84.3 Å². The SMILES string of the molecule is CCCCC1[C@@H]2[C@H]1C[C@@H](C(=O)Cc1nc(Br)ccc1C)N2C(=O)Cn1nc(C(C)=O)c2cc(-c3cnc(CCC(=O)COCCOCCNC(=O)COCCOCCN)nc3)ccc21. The van der Waals surface area contributed by atoms with E-state index in [9.17, 15) is 24.0 Å². The normalized spacial score (nSPS) is 17.7. The number of Topliss-reactive ketones (excluding diaryl/α,β-unsaturated/α-hetero) is 3. The first-order valence-electron chi connectivity index (χ1n) is 22.1. The Kier molecular flexibility index (Phi) is 18.1. The summed E-state index contributed by atoms with van der Waals surface area (Å²) in [5.74, 6) is 0.396. The number of amides is 2. The Hall–Kier alpha value is -4.85. The third kappa shape index (κ3) is 13.1. The highest BCUT2D eigenvalue weighted by Gasteiger charge is 2.62. The standard InChI is InChI=1S/C46H59BrN8O9/c1-4-5-6-34-35-22-39(40(58)23-37-29(2)7-11-41(47)52-37)55(46(34)35)44(60)26-54-38-10-8-31(21-36(38)45(53-54)30(3)56)32-24-50-42(51-25-32)12-9-33(57)27-63-19-18-62-16-14-49-43(59)28-64-20-17-61-15-13-48/h7-8,10-11,21,24-25,34-35,39,46H,4-6,9,12-20,22-23,26-28,48H2,1-3H3,(H,49,59)/t34?,35-,39-,46+/m0/s1. The van der Waals surface area contributed by atoms with Gasteiger partial charge in [0.05, 0.1) is 63.3 Å². The van der Waals surface area contributed by atoms with E-state index in [2.05, 4.69) is 48.2 Å². The van der Waals surface area contributed by atoms with Gasteiger partial charge < -0.3 is 34.9 Å². The summed E-state index contributed by atoms with van der Waals surface area (Å²) in [5, 5.41) is 7.93. The van der Waals surface area contributed by atoms with Crippen LogP contribution in [0.3, 0.4) is 0 Å². The lowest BCUT2D eigenvalue weighted by molar-refractivity contribution is -0.139. The molecule has 344 valence electrons. The second-order valence-electron chi connectivity index (χ2n) is 16.2. The number of unbranched alkanes of at least 4 members (excludes halogenated alkanes) is 1. The third-order valence-electron chi connectivity index (χ3n) is 11.6. The smallest absolute Gasteiger partial charge is 0.246 e. The van der Waals surface area contributed by atoms with E-state index < -0.39 is 6.04 Å². The fraction of sp³-hybridized carbons (Fsp3) is 0.543. The van der Waals surface area contributed by atoms with Crippen LogP contribution >= 0.6 is 15.9 Å². The van der Waals surface area contributed by atoms with Crippen molar-refractivity contribution < 1.29 is 42.9 Å². The maximum absolute atomic E-state index is 14.3. The predicted octanol–water partition coefficient (Wildman–Crippen LogP) is 4.02. The van der Waals surface area contributed by atoms with Gasteiger partial charge in [-0.2, -0.15) is 5.10 Å². The first-order valence-corrected chi connectivity index (χ1v) is 22.9. The predicted molar refractivity (Wildman–Crippen MR) is 240 cm³/mol. The monoisotopic (exact) mass is 946 g/mol. The number of rotatable bonds is 28. The minimum Gasteiger partial charge on any atom is -0.378 e. The third-order valence-corrected chi connectivity index (χ3v) is 12.0. The molecule has 4 heterocycles. The minimum absolute atomic E-state index is 0.0177. The topological polar surface area (TPSA) is 220 Å².